The fourth-order valence-corrected chi connectivity index (χ4v) is 5.07. The second-order valence-corrected chi connectivity index (χ2v) is 12.1. The summed E-state index contributed by atoms with van der Waals surface area (Å²) in [6.45, 7) is 9.75. The molecule has 1 N–H and O–H groups in total. The molecule has 15 heteroatoms. The first-order valence-electron chi connectivity index (χ1n) is 11.0. The standard InChI is InChI=1S/C21H27F3N6O4S2/c1-12(2)30-8-6-7-13-9-14(15(10-16(13)30)29-36(32,33)11-21(22,23)24)25-27-19-28-26-17(35-19)18(31)34-20(3,4)5/h9-10,12,29H,6-8,11H2,1-5H3. The molecule has 3 rings (SSSR count). The van der Waals surface area contributed by atoms with Gasteiger partial charge in [-0.15, -0.1) is 20.4 Å². The lowest BCUT2D eigenvalue weighted by Gasteiger charge is -2.35. The van der Waals surface area contributed by atoms with Gasteiger partial charge in [0.05, 0.1) is 5.69 Å². The molecule has 1 aromatic carbocycles. The van der Waals surface area contributed by atoms with E-state index in [1.807, 2.05) is 23.5 Å². The molecule has 1 aromatic heterocycles. The number of fused-ring (bicyclic) bond motifs is 1. The maximum atomic E-state index is 12.8. The number of alkyl halides is 3. The Kier molecular flexibility index (Phi) is 7.93. The van der Waals surface area contributed by atoms with E-state index in [0.29, 0.717) is 12.1 Å². The van der Waals surface area contributed by atoms with E-state index < -0.39 is 33.5 Å². The number of ether oxygens (including phenoxy) is 1. The molecule has 0 fully saturated rings. The van der Waals surface area contributed by atoms with E-state index >= 15 is 0 Å². The SMILES string of the molecule is CC(C)N1CCCc2cc(N=Nc3nnc(C(=O)OC(C)(C)C)s3)c(NS(=O)(=O)CC(F)(F)F)cc21. The molecule has 0 radical (unpaired) electrons. The van der Waals surface area contributed by atoms with Crippen LogP contribution in [0.1, 0.15) is 56.4 Å². The van der Waals surface area contributed by atoms with Crippen molar-refractivity contribution in [3.8, 4) is 0 Å². The van der Waals surface area contributed by atoms with E-state index in [1.54, 1.807) is 26.8 Å². The Hall–Kier alpha value is -2.81. The number of hydrogen-bond donors (Lipinski definition) is 1. The summed E-state index contributed by atoms with van der Waals surface area (Å²) in [5.41, 5.74) is 0.697. The summed E-state index contributed by atoms with van der Waals surface area (Å²) in [5.74, 6) is -2.73. The summed E-state index contributed by atoms with van der Waals surface area (Å²) < 4.78 is 70.1. The molecule has 198 valence electrons. The first-order valence-corrected chi connectivity index (χ1v) is 13.5. The number of carbonyl (C=O) groups is 1. The second-order valence-electron chi connectivity index (χ2n) is 9.46. The van der Waals surface area contributed by atoms with E-state index in [4.69, 9.17) is 4.74 Å². The summed E-state index contributed by atoms with van der Waals surface area (Å²) in [6.07, 6.45) is -3.40. The molecule has 0 unspecified atom stereocenters. The fourth-order valence-electron chi connectivity index (χ4n) is 3.52. The Morgan fingerprint density at radius 3 is 2.53 bits per heavy atom. The maximum Gasteiger partial charge on any atom is 0.404 e. The Morgan fingerprint density at radius 1 is 1.22 bits per heavy atom. The van der Waals surface area contributed by atoms with Gasteiger partial charge >= 0.3 is 12.1 Å². The quantitative estimate of drug-likeness (QED) is 0.364. The molecule has 0 amide bonds. The number of rotatable bonds is 7. The highest BCUT2D eigenvalue weighted by atomic mass is 32.2. The first kappa shape index (κ1) is 27.8. The monoisotopic (exact) mass is 548 g/mol. The molecule has 1 aliphatic heterocycles. The van der Waals surface area contributed by atoms with Crippen LogP contribution in [0.5, 0.6) is 0 Å². The number of halogens is 3. The molecule has 10 nitrogen and oxygen atoms in total. The number of hydrogen-bond acceptors (Lipinski definition) is 10. The number of nitrogens with one attached hydrogen (secondary N) is 1. The van der Waals surface area contributed by atoms with Crippen molar-refractivity contribution in [3.05, 3.63) is 22.7 Å². The largest absolute Gasteiger partial charge is 0.455 e. The van der Waals surface area contributed by atoms with Gasteiger partial charge in [-0.2, -0.15) is 13.2 Å². The maximum absolute atomic E-state index is 12.8. The van der Waals surface area contributed by atoms with E-state index in [9.17, 15) is 26.4 Å². The minimum absolute atomic E-state index is 0.0125. The van der Waals surface area contributed by atoms with Crippen molar-refractivity contribution in [3.63, 3.8) is 0 Å². The number of nitrogens with zero attached hydrogens (tertiary/aromatic N) is 5. The average Bonchev–Trinajstić information content (AvgIpc) is 3.17. The van der Waals surface area contributed by atoms with E-state index in [-0.39, 0.29) is 27.6 Å². The topological polar surface area (TPSA) is 126 Å². The van der Waals surface area contributed by atoms with Crippen LogP contribution in [0.3, 0.4) is 0 Å². The van der Waals surface area contributed by atoms with Gasteiger partial charge < -0.3 is 9.64 Å². The highest BCUT2D eigenvalue weighted by Crippen LogP contribution is 2.39. The van der Waals surface area contributed by atoms with E-state index in [2.05, 4.69) is 20.4 Å². The minimum atomic E-state index is -4.92. The van der Waals surface area contributed by atoms with Crippen LogP contribution in [-0.4, -0.2) is 54.7 Å². The van der Waals surface area contributed by atoms with Gasteiger partial charge in [0, 0.05) is 18.3 Å². The van der Waals surface area contributed by atoms with Crippen molar-refractivity contribution in [2.45, 2.75) is 65.3 Å². The highest BCUT2D eigenvalue weighted by molar-refractivity contribution is 7.92. The van der Waals surface area contributed by atoms with Gasteiger partial charge in [0.2, 0.25) is 15.0 Å². The van der Waals surface area contributed by atoms with Gasteiger partial charge in [0.15, 0.2) is 5.75 Å². The predicted octanol–water partition coefficient (Wildman–Crippen LogP) is 5.37. The van der Waals surface area contributed by atoms with Crippen LogP contribution >= 0.6 is 11.3 Å². The van der Waals surface area contributed by atoms with Gasteiger partial charge in [-0.3, -0.25) is 4.72 Å². The van der Waals surface area contributed by atoms with E-state index in [0.717, 1.165) is 29.9 Å². The molecule has 0 saturated carbocycles. The van der Waals surface area contributed by atoms with Crippen LogP contribution in [0.25, 0.3) is 0 Å². The third-order valence-corrected chi connectivity index (χ3v) is 6.85. The lowest BCUT2D eigenvalue weighted by Crippen LogP contribution is -2.35. The van der Waals surface area contributed by atoms with Gasteiger partial charge in [0.25, 0.3) is 5.13 Å². The third-order valence-electron chi connectivity index (χ3n) is 4.83. The van der Waals surface area contributed by atoms with Crippen molar-refractivity contribution >= 4 is 49.5 Å². The molecule has 36 heavy (non-hydrogen) atoms. The molecule has 0 bridgehead atoms. The van der Waals surface area contributed by atoms with Crippen LogP contribution in [0, 0.1) is 0 Å². The first-order chi connectivity index (χ1) is 16.5. The Morgan fingerprint density at radius 2 is 1.92 bits per heavy atom. The van der Waals surface area contributed by atoms with Crippen molar-refractivity contribution in [2.24, 2.45) is 10.2 Å². The summed E-state index contributed by atoms with van der Waals surface area (Å²) >= 11 is 0.808. The molecular formula is C21H27F3N6O4S2. The number of sulfonamides is 1. The summed E-state index contributed by atoms with van der Waals surface area (Å²) in [5, 5.41) is 15.4. The van der Waals surface area contributed by atoms with Crippen molar-refractivity contribution < 1.29 is 31.1 Å². The molecule has 0 spiro atoms. The summed E-state index contributed by atoms with van der Waals surface area (Å²) in [4.78, 5) is 14.2. The van der Waals surface area contributed by atoms with Crippen LogP contribution in [0.2, 0.25) is 0 Å². The number of aromatic nitrogens is 2. The second kappa shape index (κ2) is 10.3. The lowest BCUT2D eigenvalue weighted by atomic mass is 9.99. The van der Waals surface area contributed by atoms with Gasteiger partial charge in [0.1, 0.15) is 11.3 Å². The molecule has 0 saturated heterocycles. The Labute approximate surface area is 211 Å². The van der Waals surface area contributed by atoms with Crippen LogP contribution in [0.4, 0.5) is 35.4 Å². The summed E-state index contributed by atoms with van der Waals surface area (Å²) in [7, 11) is -4.77. The molecular weight excluding hydrogens is 521 g/mol. The highest BCUT2D eigenvalue weighted by Gasteiger charge is 2.36. The number of azo groups is 1. The number of carbonyl (C=O) groups excluding carboxylic acids is 1. The molecule has 0 aliphatic carbocycles. The Balaban J connectivity index is 1.97. The zero-order valence-corrected chi connectivity index (χ0v) is 22.0. The Bertz CT molecular complexity index is 1250. The van der Waals surface area contributed by atoms with Crippen LogP contribution in [0.15, 0.2) is 22.4 Å². The number of esters is 1. The normalized spacial score (nSPS) is 14.9. The fraction of sp³-hybridized carbons (Fsp3) is 0.571. The smallest absolute Gasteiger partial charge is 0.404 e. The van der Waals surface area contributed by atoms with Crippen LogP contribution in [-0.2, 0) is 21.2 Å². The number of aryl methyl sites for hydroxylation is 1. The average molecular weight is 549 g/mol. The zero-order chi connectivity index (χ0) is 26.9. The minimum Gasteiger partial charge on any atom is -0.455 e. The van der Waals surface area contributed by atoms with Gasteiger partial charge in [-0.1, -0.05) is 11.3 Å². The van der Waals surface area contributed by atoms with E-state index in [1.165, 1.54) is 6.07 Å². The van der Waals surface area contributed by atoms with Crippen molar-refractivity contribution in [1.29, 1.82) is 0 Å². The molecule has 2 heterocycles. The van der Waals surface area contributed by atoms with Crippen molar-refractivity contribution in [1.82, 2.24) is 10.2 Å². The number of benzene rings is 1. The molecule has 1 aliphatic rings. The predicted molar refractivity (Wildman–Crippen MR) is 130 cm³/mol. The number of anilines is 2. The molecule has 2 aromatic rings. The molecule has 0 atom stereocenters. The van der Waals surface area contributed by atoms with Gasteiger partial charge in [-0.25, -0.2) is 13.2 Å². The third kappa shape index (κ3) is 7.59. The van der Waals surface area contributed by atoms with Gasteiger partial charge in [-0.05, 0) is 65.2 Å². The van der Waals surface area contributed by atoms with Crippen LogP contribution < -0.4 is 9.62 Å². The van der Waals surface area contributed by atoms with Crippen molar-refractivity contribution in [2.75, 3.05) is 21.9 Å². The lowest BCUT2D eigenvalue weighted by molar-refractivity contribution is -0.106. The summed E-state index contributed by atoms with van der Waals surface area (Å²) in [6, 6.07) is 3.15. The zero-order valence-electron chi connectivity index (χ0n) is 20.4.